The van der Waals surface area contributed by atoms with Crippen LogP contribution < -0.4 is 0 Å². The molecule has 0 saturated heterocycles. The van der Waals surface area contributed by atoms with E-state index in [1.54, 1.807) is 0 Å². The van der Waals surface area contributed by atoms with E-state index in [9.17, 15) is 10.2 Å². The molecule has 0 saturated carbocycles. The van der Waals surface area contributed by atoms with Gasteiger partial charge in [-0.2, -0.15) is 0 Å². The summed E-state index contributed by atoms with van der Waals surface area (Å²) in [7, 11) is -2.43. The molecule has 110 valence electrons. The van der Waals surface area contributed by atoms with Crippen LogP contribution in [0.4, 0.5) is 0 Å². The van der Waals surface area contributed by atoms with Gasteiger partial charge in [0, 0.05) is 5.41 Å². The third kappa shape index (κ3) is 8.35. The average Bonchev–Trinajstić information content (AvgIpc) is 2.37. The van der Waals surface area contributed by atoms with Crippen molar-refractivity contribution in [2.45, 2.75) is 51.9 Å². The lowest BCUT2D eigenvalue weighted by Crippen LogP contribution is -2.34. The largest absolute Gasteiger partial charge is 0.396 e. The molecule has 5 nitrogen and oxygen atoms in total. The first-order chi connectivity index (χ1) is 8.60. The van der Waals surface area contributed by atoms with Gasteiger partial charge in [-0.05, 0) is 6.42 Å². The minimum Gasteiger partial charge on any atom is -0.396 e. The number of hydrogen-bond donors (Lipinski definition) is 4. The molecule has 0 aliphatic rings. The monoisotopic (exact) mass is 282 g/mol. The van der Waals surface area contributed by atoms with Gasteiger partial charge in [-0.15, -0.1) is 0 Å². The molecule has 0 aliphatic heterocycles. The predicted molar refractivity (Wildman–Crippen MR) is 71.9 cm³/mol. The number of rotatable bonds is 12. The average molecular weight is 282 g/mol. The first kappa shape index (κ1) is 18.2. The van der Waals surface area contributed by atoms with E-state index in [1.807, 2.05) is 0 Å². The first-order valence-electron chi connectivity index (χ1n) is 6.63. The first-order valence-corrected chi connectivity index (χ1v) is 7.79. The van der Waals surface area contributed by atoms with E-state index in [2.05, 4.69) is 6.92 Å². The Morgan fingerprint density at radius 2 is 1.50 bits per heavy atom. The molecule has 0 heterocycles. The van der Waals surface area contributed by atoms with Gasteiger partial charge in [0.15, 0.2) is 0 Å². The summed E-state index contributed by atoms with van der Waals surface area (Å²) in [6.45, 7) is 1.73. The minimum absolute atomic E-state index is 0.0202. The summed E-state index contributed by atoms with van der Waals surface area (Å²) in [4.78, 5) is 17.4. The van der Waals surface area contributed by atoms with Crippen LogP contribution in [-0.4, -0.2) is 39.8 Å². The summed E-state index contributed by atoms with van der Waals surface area (Å²) >= 11 is 0. The predicted octanol–water partition coefficient (Wildman–Crippen LogP) is 1.94. The Labute approximate surface area is 111 Å². The summed E-state index contributed by atoms with van der Waals surface area (Å²) in [5.74, 6) is 0. The number of aliphatic hydroxyl groups is 2. The summed E-state index contributed by atoms with van der Waals surface area (Å²) < 4.78 is 4.74. The van der Waals surface area contributed by atoms with E-state index in [0.717, 1.165) is 19.3 Å². The van der Waals surface area contributed by atoms with Gasteiger partial charge in [0.2, 0.25) is 0 Å². The molecule has 0 spiro atoms. The Morgan fingerprint density at radius 3 is 2.00 bits per heavy atom. The van der Waals surface area contributed by atoms with Crippen LogP contribution in [0, 0.1) is 5.41 Å². The molecule has 0 aliphatic carbocycles. The maximum atomic E-state index is 9.33. The van der Waals surface area contributed by atoms with Crippen LogP contribution in [0.1, 0.15) is 51.9 Å². The van der Waals surface area contributed by atoms with Crippen molar-refractivity contribution in [2.75, 3.05) is 19.8 Å². The molecular formula is C12H27O5P. The normalized spacial score (nSPS) is 12.3. The van der Waals surface area contributed by atoms with Gasteiger partial charge >= 0.3 is 8.60 Å². The molecule has 0 aromatic carbocycles. The summed E-state index contributed by atoms with van der Waals surface area (Å²) in [5, 5.41) is 18.7. The molecule has 0 bridgehead atoms. The minimum atomic E-state index is -2.43. The molecule has 6 heteroatoms. The highest BCUT2D eigenvalue weighted by Gasteiger charge is 2.29. The van der Waals surface area contributed by atoms with Crippen LogP contribution >= 0.6 is 8.60 Å². The topological polar surface area (TPSA) is 90.2 Å². The van der Waals surface area contributed by atoms with Crippen LogP contribution in [0.2, 0.25) is 0 Å². The Kier molecular flexibility index (Phi) is 11.2. The quantitative estimate of drug-likeness (QED) is 0.324. The molecule has 0 aromatic rings. The second-order valence-electron chi connectivity index (χ2n) is 4.86. The molecule has 0 amide bonds. The third-order valence-corrected chi connectivity index (χ3v) is 3.58. The highest BCUT2D eigenvalue weighted by Crippen LogP contribution is 2.32. The Balaban J connectivity index is 3.87. The van der Waals surface area contributed by atoms with E-state index in [4.69, 9.17) is 14.3 Å². The Hall–Kier alpha value is 0.230. The van der Waals surface area contributed by atoms with Crippen molar-refractivity contribution >= 4 is 8.60 Å². The summed E-state index contributed by atoms with van der Waals surface area (Å²) in [6, 6.07) is 0. The van der Waals surface area contributed by atoms with Gasteiger partial charge in [-0.1, -0.05) is 45.4 Å². The zero-order valence-electron chi connectivity index (χ0n) is 11.2. The molecule has 18 heavy (non-hydrogen) atoms. The van der Waals surface area contributed by atoms with E-state index in [-0.39, 0.29) is 19.8 Å². The molecule has 4 N–H and O–H groups in total. The van der Waals surface area contributed by atoms with Gasteiger partial charge in [-0.3, -0.25) is 0 Å². The van der Waals surface area contributed by atoms with Crippen molar-refractivity contribution in [1.82, 2.24) is 0 Å². The maximum Gasteiger partial charge on any atom is 0.327 e. The molecule has 0 rings (SSSR count). The number of hydrogen-bond acceptors (Lipinski definition) is 5. The fraction of sp³-hybridized carbons (Fsp3) is 1.00. The van der Waals surface area contributed by atoms with E-state index < -0.39 is 14.0 Å². The SMILES string of the molecule is CCCCCCCCC(CO)(CO)COP(O)O. The lowest BCUT2D eigenvalue weighted by molar-refractivity contribution is 0.00284. The van der Waals surface area contributed by atoms with Crippen LogP contribution in [0.25, 0.3) is 0 Å². The van der Waals surface area contributed by atoms with Gasteiger partial charge in [-0.25, -0.2) is 0 Å². The zero-order valence-corrected chi connectivity index (χ0v) is 12.1. The molecular weight excluding hydrogens is 255 g/mol. The highest BCUT2D eigenvalue weighted by atomic mass is 31.2. The maximum absolute atomic E-state index is 9.33. The van der Waals surface area contributed by atoms with Crippen molar-refractivity contribution in [3.8, 4) is 0 Å². The lowest BCUT2D eigenvalue weighted by atomic mass is 9.85. The standard InChI is InChI=1S/C12H27O5P/c1-2-3-4-5-6-7-8-12(9-13,10-14)11-17-18(15)16/h13-16H,2-11H2,1H3. The van der Waals surface area contributed by atoms with Gasteiger partial charge in [0.1, 0.15) is 0 Å². The smallest absolute Gasteiger partial charge is 0.327 e. The van der Waals surface area contributed by atoms with E-state index in [0.29, 0.717) is 6.42 Å². The second-order valence-corrected chi connectivity index (χ2v) is 5.62. The van der Waals surface area contributed by atoms with Crippen LogP contribution in [-0.2, 0) is 4.52 Å². The summed E-state index contributed by atoms with van der Waals surface area (Å²) in [6.07, 6.45) is 7.44. The fourth-order valence-corrected chi connectivity index (χ4v) is 2.24. The van der Waals surface area contributed by atoms with Crippen LogP contribution in [0.5, 0.6) is 0 Å². The van der Waals surface area contributed by atoms with Crippen molar-refractivity contribution < 1.29 is 24.5 Å². The van der Waals surface area contributed by atoms with Crippen molar-refractivity contribution in [3.63, 3.8) is 0 Å². The van der Waals surface area contributed by atoms with Crippen LogP contribution in [0.3, 0.4) is 0 Å². The molecule has 0 radical (unpaired) electrons. The second kappa shape index (κ2) is 11.1. The van der Waals surface area contributed by atoms with Gasteiger partial charge in [0.05, 0.1) is 19.8 Å². The fourth-order valence-electron chi connectivity index (χ4n) is 1.85. The van der Waals surface area contributed by atoms with Crippen molar-refractivity contribution in [2.24, 2.45) is 5.41 Å². The van der Waals surface area contributed by atoms with Crippen molar-refractivity contribution in [1.29, 1.82) is 0 Å². The van der Waals surface area contributed by atoms with E-state index >= 15 is 0 Å². The molecule has 0 atom stereocenters. The summed E-state index contributed by atoms with van der Waals surface area (Å²) in [5.41, 5.74) is -0.753. The molecule has 0 fully saturated rings. The number of aliphatic hydroxyl groups excluding tert-OH is 2. The third-order valence-electron chi connectivity index (χ3n) is 3.22. The highest BCUT2D eigenvalue weighted by molar-refractivity contribution is 7.39. The van der Waals surface area contributed by atoms with Gasteiger partial charge in [0.25, 0.3) is 0 Å². The van der Waals surface area contributed by atoms with Crippen LogP contribution in [0.15, 0.2) is 0 Å². The van der Waals surface area contributed by atoms with E-state index in [1.165, 1.54) is 19.3 Å². The molecule has 0 aromatic heterocycles. The number of unbranched alkanes of at least 4 members (excludes halogenated alkanes) is 5. The Morgan fingerprint density at radius 1 is 0.944 bits per heavy atom. The molecule has 0 unspecified atom stereocenters. The van der Waals surface area contributed by atoms with Gasteiger partial charge < -0.3 is 24.5 Å². The lowest BCUT2D eigenvalue weighted by Gasteiger charge is -2.29. The zero-order chi connectivity index (χ0) is 13.9. The Bertz CT molecular complexity index is 185. The van der Waals surface area contributed by atoms with Crippen molar-refractivity contribution in [3.05, 3.63) is 0 Å².